The highest BCUT2D eigenvalue weighted by Crippen LogP contribution is 2.15. The molecule has 0 saturated carbocycles. The summed E-state index contributed by atoms with van der Waals surface area (Å²) in [4.78, 5) is 20.1. The van der Waals surface area contributed by atoms with Gasteiger partial charge in [-0.25, -0.2) is 0 Å². The lowest BCUT2D eigenvalue weighted by Crippen LogP contribution is -2.27. The lowest BCUT2D eigenvalue weighted by Gasteiger charge is -2.21. The summed E-state index contributed by atoms with van der Waals surface area (Å²) in [7, 11) is 0. The molecule has 0 spiro atoms. The maximum absolute atomic E-state index is 5.88. The third-order valence-electron chi connectivity index (χ3n) is 5.09. The predicted octanol–water partition coefficient (Wildman–Crippen LogP) is 4.58. The Morgan fingerprint density at radius 2 is 1.82 bits per heavy atom. The molecule has 0 saturated heterocycles. The van der Waals surface area contributed by atoms with E-state index in [0.717, 1.165) is 37.3 Å². The van der Waals surface area contributed by atoms with E-state index in [2.05, 4.69) is 75.2 Å². The molecule has 0 aliphatic heterocycles. The minimum Gasteiger partial charge on any atom is -0.463 e. The lowest BCUT2D eigenvalue weighted by molar-refractivity contribution is 0.293. The fourth-order valence-corrected chi connectivity index (χ4v) is 3.24. The van der Waals surface area contributed by atoms with Crippen LogP contribution in [0.2, 0.25) is 0 Å². The molecule has 0 aliphatic carbocycles. The number of nitrogens with one attached hydrogen (secondary N) is 1. The number of hydrogen-bond donors (Lipinski definition) is 1. The van der Waals surface area contributed by atoms with Crippen LogP contribution in [0.4, 0.5) is 11.6 Å². The second kappa shape index (κ2) is 12.5. The highest BCUT2D eigenvalue weighted by molar-refractivity contribution is 5.75. The molecule has 0 unspecified atom stereocenters. The van der Waals surface area contributed by atoms with Crippen LogP contribution in [0.25, 0.3) is 0 Å². The molecular weight excluding hydrogens is 414 g/mol. The highest BCUT2D eigenvalue weighted by atomic mass is 16.5. The average Bonchev–Trinajstić information content (AvgIpc) is 2.82. The highest BCUT2D eigenvalue weighted by Gasteiger charge is 2.13. The normalized spacial score (nSPS) is 11.0. The van der Waals surface area contributed by atoms with Crippen molar-refractivity contribution >= 4 is 17.9 Å². The Bertz CT molecular complexity index is 1030. The third-order valence-corrected chi connectivity index (χ3v) is 5.09. The van der Waals surface area contributed by atoms with Crippen molar-refractivity contribution in [1.29, 1.82) is 0 Å². The molecule has 0 fully saturated rings. The maximum atomic E-state index is 5.88. The van der Waals surface area contributed by atoms with Gasteiger partial charge in [0.25, 0.3) is 0 Å². The van der Waals surface area contributed by atoms with E-state index in [-0.39, 0.29) is 0 Å². The summed E-state index contributed by atoms with van der Waals surface area (Å²) >= 11 is 0. The molecule has 0 amide bonds. The molecule has 174 valence electrons. The number of hydrazone groups is 1. The molecule has 8 heteroatoms. The van der Waals surface area contributed by atoms with Gasteiger partial charge in [0.05, 0.1) is 18.5 Å². The Balaban J connectivity index is 1.76. The van der Waals surface area contributed by atoms with Crippen LogP contribution in [0.5, 0.6) is 6.01 Å². The zero-order valence-corrected chi connectivity index (χ0v) is 20.0. The minimum absolute atomic E-state index is 0.292. The first-order chi connectivity index (χ1) is 16.1. The standard InChI is InChI=1S/C25H33N7O/c1-5-14-32(15-6-2)24-28-23(18-27-31-22-11-10-19(3)20(4)17-22)29-25(30-24)33-16-12-21-9-7-8-13-26-21/h7-11,13,17-18,31H,5-6,12,14-16H2,1-4H3/b27-18+. The second-order valence-corrected chi connectivity index (χ2v) is 7.85. The third kappa shape index (κ3) is 7.52. The molecule has 8 nitrogen and oxygen atoms in total. The summed E-state index contributed by atoms with van der Waals surface area (Å²) in [6.45, 7) is 10.6. The molecule has 0 atom stereocenters. The van der Waals surface area contributed by atoms with E-state index in [1.54, 1.807) is 12.4 Å². The number of benzene rings is 1. The second-order valence-electron chi connectivity index (χ2n) is 7.85. The van der Waals surface area contributed by atoms with Crippen LogP contribution in [0.3, 0.4) is 0 Å². The van der Waals surface area contributed by atoms with Gasteiger partial charge < -0.3 is 9.64 Å². The summed E-state index contributed by atoms with van der Waals surface area (Å²) < 4.78 is 5.88. The number of anilines is 2. The number of aryl methyl sites for hydroxylation is 2. The van der Waals surface area contributed by atoms with Crippen molar-refractivity contribution in [3.05, 3.63) is 65.2 Å². The van der Waals surface area contributed by atoms with Gasteiger partial charge >= 0.3 is 6.01 Å². The van der Waals surface area contributed by atoms with Crippen LogP contribution in [0.15, 0.2) is 47.7 Å². The summed E-state index contributed by atoms with van der Waals surface area (Å²) in [5.41, 5.74) is 7.37. The Hall–Kier alpha value is -3.55. The van der Waals surface area contributed by atoms with Gasteiger partial charge in [0.1, 0.15) is 0 Å². The molecule has 0 aliphatic rings. The maximum Gasteiger partial charge on any atom is 0.321 e. The zero-order valence-electron chi connectivity index (χ0n) is 20.0. The average molecular weight is 448 g/mol. The predicted molar refractivity (Wildman–Crippen MR) is 133 cm³/mol. The topological polar surface area (TPSA) is 88.4 Å². The van der Waals surface area contributed by atoms with E-state index >= 15 is 0 Å². The zero-order chi connectivity index (χ0) is 23.5. The van der Waals surface area contributed by atoms with Crippen molar-refractivity contribution in [2.75, 3.05) is 30.0 Å². The van der Waals surface area contributed by atoms with Crippen LogP contribution < -0.4 is 15.1 Å². The first kappa shape index (κ1) is 24.1. The van der Waals surface area contributed by atoms with Crippen molar-refractivity contribution < 1.29 is 4.74 Å². The van der Waals surface area contributed by atoms with Crippen LogP contribution >= 0.6 is 0 Å². The van der Waals surface area contributed by atoms with Crippen LogP contribution in [-0.4, -0.2) is 45.8 Å². The van der Waals surface area contributed by atoms with Gasteiger partial charge in [0.15, 0.2) is 5.82 Å². The number of rotatable bonds is 12. The molecular formula is C25H33N7O. The molecule has 3 aromatic rings. The fourth-order valence-electron chi connectivity index (χ4n) is 3.24. The van der Waals surface area contributed by atoms with E-state index in [4.69, 9.17) is 4.74 Å². The van der Waals surface area contributed by atoms with Crippen molar-refractivity contribution in [1.82, 2.24) is 19.9 Å². The quantitative estimate of drug-likeness (QED) is 0.321. The fraction of sp³-hybridized carbons (Fsp3) is 0.400. The van der Waals surface area contributed by atoms with Gasteiger partial charge in [-0.1, -0.05) is 26.0 Å². The van der Waals surface area contributed by atoms with E-state index in [1.807, 2.05) is 24.3 Å². The monoisotopic (exact) mass is 447 g/mol. The van der Waals surface area contributed by atoms with E-state index in [9.17, 15) is 0 Å². The van der Waals surface area contributed by atoms with Crippen LogP contribution in [0, 0.1) is 13.8 Å². The first-order valence-electron chi connectivity index (χ1n) is 11.5. The van der Waals surface area contributed by atoms with Crippen molar-refractivity contribution in [3.8, 4) is 6.01 Å². The Kier molecular flexibility index (Phi) is 9.11. The SMILES string of the molecule is CCCN(CCC)c1nc(/C=N/Nc2ccc(C)c(C)c2)nc(OCCc2ccccn2)n1. The number of aromatic nitrogens is 4. The van der Waals surface area contributed by atoms with E-state index < -0.39 is 0 Å². The largest absolute Gasteiger partial charge is 0.463 e. The molecule has 3 rings (SSSR count). The summed E-state index contributed by atoms with van der Waals surface area (Å²) in [6.07, 6.45) is 6.05. The van der Waals surface area contributed by atoms with Crippen LogP contribution in [-0.2, 0) is 6.42 Å². The molecule has 33 heavy (non-hydrogen) atoms. The van der Waals surface area contributed by atoms with Gasteiger partial charge in [-0.3, -0.25) is 10.4 Å². The van der Waals surface area contributed by atoms with E-state index in [1.165, 1.54) is 11.1 Å². The van der Waals surface area contributed by atoms with Gasteiger partial charge in [-0.2, -0.15) is 20.1 Å². The Labute approximate surface area is 196 Å². The summed E-state index contributed by atoms with van der Waals surface area (Å²) in [5.74, 6) is 1.05. The van der Waals surface area contributed by atoms with Gasteiger partial charge in [0, 0.05) is 31.4 Å². The van der Waals surface area contributed by atoms with Gasteiger partial charge in [0.2, 0.25) is 5.95 Å². The van der Waals surface area contributed by atoms with Crippen molar-refractivity contribution in [3.63, 3.8) is 0 Å². The molecule has 0 bridgehead atoms. The molecule has 1 aromatic carbocycles. The smallest absolute Gasteiger partial charge is 0.321 e. The van der Waals surface area contributed by atoms with Crippen molar-refractivity contribution in [2.24, 2.45) is 5.10 Å². The van der Waals surface area contributed by atoms with Gasteiger partial charge in [-0.15, -0.1) is 0 Å². The molecule has 0 radical (unpaired) electrons. The van der Waals surface area contributed by atoms with Crippen LogP contribution in [0.1, 0.15) is 49.3 Å². The molecule has 2 aromatic heterocycles. The summed E-state index contributed by atoms with van der Waals surface area (Å²) in [5, 5.41) is 4.33. The summed E-state index contributed by atoms with van der Waals surface area (Å²) in [6, 6.07) is 12.2. The van der Waals surface area contributed by atoms with Gasteiger partial charge in [-0.05, 0) is 62.1 Å². The number of ether oxygens (including phenoxy) is 1. The molecule has 2 heterocycles. The number of pyridine rings is 1. The minimum atomic E-state index is 0.292. The lowest BCUT2D eigenvalue weighted by atomic mass is 10.1. The van der Waals surface area contributed by atoms with E-state index in [0.29, 0.717) is 30.8 Å². The Morgan fingerprint density at radius 3 is 2.52 bits per heavy atom. The Morgan fingerprint density at radius 1 is 1.00 bits per heavy atom. The molecule has 1 N–H and O–H groups in total. The number of hydrogen-bond acceptors (Lipinski definition) is 8. The van der Waals surface area contributed by atoms with Crippen molar-refractivity contribution in [2.45, 2.75) is 47.0 Å². The number of nitrogens with zero attached hydrogens (tertiary/aromatic N) is 6. The first-order valence-corrected chi connectivity index (χ1v) is 11.5.